The van der Waals surface area contributed by atoms with Crippen molar-refractivity contribution in [2.24, 2.45) is 5.92 Å². The molecule has 0 fully saturated rings. The van der Waals surface area contributed by atoms with Crippen molar-refractivity contribution in [3.63, 3.8) is 0 Å². The van der Waals surface area contributed by atoms with Crippen LogP contribution in [-0.4, -0.2) is 72.8 Å². The summed E-state index contributed by atoms with van der Waals surface area (Å²) in [6.07, 6.45) is 5.38. The maximum absolute atomic E-state index is 13.5. The highest BCUT2D eigenvalue weighted by Gasteiger charge is 2.19. The average Bonchev–Trinajstić information content (AvgIpc) is 3.06. The zero-order valence-electron chi connectivity index (χ0n) is 27.7. The van der Waals surface area contributed by atoms with Crippen molar-refractivity contribution in [3.05, 3.63) is 76.9 Å². The van der Waals surface area contributed by atoms with Crippen LogP contribution in [0.15, 0.2) is 54.6 Å². The first-order chi connectivity index (χ1) is 21.8. The Labute approximate surface area is 268 Å². The average molecular weight is 621 g/mol. The Bertz CT molecular complexity index is 1370. The van der Waals surface area contributed by atoms with Gasteiger partial charge in [0.2, 0.25) is 0 Å². The van der Waals surface area contributed by atoms with Gasteiger partial charge in [0.25, 0.3) is 0 Å². The molecule has 0 heterocycles. The van der Waals surface area contributed by atoms with Crippen LogP contribution < -0.4 is 29.0 Å². The number of carbonyl (C=O) groups excluding carboxylic acids is 1. The number of rotatable bonds is 18. The molecule has 9 nitrogen and oxygen atoms in total. The van der Waals surface area contributed by atoms with Crippen LogP contribution in [0.5, 0.6) is 28.7 Å². The van der Waals surface area contributed by atoms with Gasteiger partial charge in [0, 0.05) is 38.4 Å². The highest BCUT2D eigenvalue weighted by atomic mass is 16.5. The number of methoxy groups -OCH3 is 5. The molecule has 0 saturated carbocycles. The predicted octanol–water partition coefficient (Wildman–Crippen LogP) is 6.72. The van der Waals surface area contributed by atoms with Gasteiger partial charge in [-0.15, -0.1) is 0 Å². The van der Waals surface area contributed by atoms with Gasteiger partial charge in [0.05, 0.1) is 41.6 Å². The Morgan fingerprint density at radius 2 is 1.56 bits per heavy atom. The monoisotopic (exact) mass is 620 g/mol. The second kappa shape index (κ2) is 18.4. The third-order valence-corrected chi connectivity index (χ3v) is 7.14. The van der Waals surface area contributed by atoms with Crippen LogP contribution in [0.4, 0.5) is 4.79 Å². The standard InChI is InChI=1S/C36H48N2O7/c1-26(2)25-45-30-14-10-27(11-15-30)9-13-29-22-31(41-4)23-34(43-6)32(29)24-38(19-8-20-40-3)36(39)37-18-17-28-12-16-33(42-5)35(21-28)44-7/h9-16,21-23,26H,8,17-20,24-25H2,1-7H3,(H,37,39)/b13-9+. The van der Waals surface area contributed by atoms with E-state index < -0.39 is 0 Å². The summed E-state index contributed by atoms with van der Waals surface area (Å²) >= 11 is 0. The minimum Gasteiger partial charge on any atom is -0.497 e. The lowest BCUT2D eigenvalue weighted by Crippen LogP contribution is -2.41. The molecule has 0 radical (unpaired) electrons. The molecule has 0 aliphatic rings. The van der Waals surface area contributed by atoms with E-state index in [4.69, 9.17) is 28.4 Å². The molecule has 3 rings (SSSR count). The van der Waals surface area contributed by atoms with Crippen LogP contribution in [0.3, 0.4) is 0 Å². The van der Waals surface area contributed by atoms with Crippen LogP contribution in [0.25, 0.3) is 12.2 Å². The topological polar surface area (TPSA) is 87.7 Å². The van der Waals surface area contributed by atoms with Gasteiger partial charge < -0.3 is 38.6 Å². The number of amides is 2. The summed E-state index contributed by atoms with van der Waals surface area (Å²) in [6, 6.07) is 17.4. The van der Waals surface area contributed by atoms with Gasteiger partial charge in [-0.3, -0.25) is 0 Å². The molecule has 0 saturated heterocycles. The lowest BCUT2D eigenvalue weighted by atomic mass is 10.0. The smallest absolute Gasteiger partial charge is 0.317 e. The summed E-state index contributed by atoms with van der Waals surface area (Å²) in [7, 11) is 8.13. The van der Waals surface area contributed by atoms with Crippen molar-refractivity contribution in [1.29, 1.82) is 0 Å². The zero-order chi connectivity index (χ0) is 32.6. The third kappa shape index (κ3) is 10.9. The molecular formula is C36H48N2O7. The molecule has 0 atom stereocenters. The number of carbonyl (C=O) groups is 1. The van der Waals surface area contributed by atoms with E-state index in [2.05, 4.69) is 19.2 Å². The van der Waals surface area contributed by atoms with Crippen molar-refractivity contribution in [3.8, 4) is 28.7 Å². The van der Waals surface area contributed by atoms with Gasteiger partial charge in [0.1, 0.15) is 17.2 Å². The van der Waals surface area contributed by atoms with Gasteiger partial charge in [0.15, 0.2) is 11.5 Å². The summed E-state index contributed by atoms with van der Waals surface area (Å²) < 4.78 is 33.2. The molecule has 2 amide bonds. The van der Waals surface area contributed by atoms with E-state index >= 15 is 0 Å². The molecule has 0 unspecified atom stereocenters. The second-order valence-electron chi connectivity index (χ2n) is 10.9. The van der Waals surface area contributed by atoms with E-state index in [1.807, 2.05) is 66.7 Å². The fourth-order valence-corrected chi connectivity index (χ4v) is 4.69. The first-order valence-electron chi connectivity index (χ1n) is 15.2. The van der Waals surface area contributed by atoms with Gasteiger partial charge in [-0.05, 0) is 65.8 Å². The molecule has 0 spiro atoms. The highest BCUT2D eigenvalue weighted by molar-refractivity contribution is 5.76. The third-order valence-electron chi connectivity index (χ3n) is 7.14. The van der Waals surface area contributed by atoms with Crippen molar-refractivity contribution in [2.45, 2.75) is 33.2 Å². The highest BCUT2D eigenvalue weighted by Crippen LogP contribution is 2.32. The van der Waals surface area contributed by atoms with Crippen molar-refractivity contribution in [1.82, 2.24) is 10.2 Å². The Kier molecular flexibility index (Phi) is 14.4. The SMILES string of the molecule is COCCCN(Cc1c(/C=C/c2ccc(OCC(C)C)cc2)cc(OC)cc1OC)C(=O)NCCc1ccc(OC)c(OC)c1. The molecule has 1 N–H and O–H groups in total. The molecule has 0 aliphatic heterocycles. The normalized spacial score (nSPS) is 11.0. The number of nitrogens with one attached hydrogen (secondary N) is 1. The van der Waals surface area contributed by atoms with E-state index in [9.17, 15) is 4.79 Å². The summed E-state index contributed by atoms with van der Waals surface area (Å²) in [5.41, 5.74) is 3.81. The van der Waals surface area contributed by atoms with Crippen LogP contribution in [0, 0.1) is 5.92 Å². The van der Waals surface area contributed by atoms with Crippen LogP contribution in [0.2, 0.25) is 0 Å². The molecule has 45 heavy (non-hydrogen) atoms. The van der Waals surface area contributed by atoms with Crippen molar-refractivity contribution in [2.75, 3.05) is 61.9 Å². The van der Waals surface area contributed by atoms with Crippen LogP contribution in [0.1, 0.15) is 42.5 Å². The quantitative estimate of drug-likeness (QED) is 0.125. The number of benzene rings is 3. The lowest BCUT2D eigenvalue weighted by molar-refractivity contribution is 0.165. The first-order valence-corrected chi connectivity index (χ1v) is 15.2. The van der Waals surface area contributed by atoms with Crippen LogP contribution in [-0.2, 0) is 17.7 Å². The van der Waals surface area contributed by atoms with Crippen molar-refractivity contribution < 1.29 is 33.2 Å². The van der Waals surface area contributed by atoms with Crippen molar-refractivity contribution >= 4 is 18.2 Å². The summed E-state index contributed by atoms with van der Waals surface area (Å²) in [5.74, 6) is 3.93. The Hall–Kier alpha value is -4.37. The summed E-state index contributed by atoms with van der Waals surface area (Å²) in [6.45, 7) is 6.76. The zero-order valence-corrected chi connectivity index (χ0v) is 27.7. The fourth-order valence-electron chi connectivity index (χ4n) is 4.69. The molecule has 0 aromatic heterocycles. The first kappa shape index (κ1) is 35.1. The van der Waals surface area contributed by atoms with E-state index in [-0.39, 0.29) is 6.03 Å². The van der Waals surface area contributed by atoms with E-state index in [0.29, 0.717) is 74.6 Å². The fraction of sp³-hybridized carbons (Fsp3) is 0.417. The lowest BCUT2D eigenvalue weighted by Gasteiger charge is -2.25. The van der Waals surface area contributed by atoms with Crippen LogP contribution >= 0.6 is 0 Å². The molecular weight excluding hydrogens is 572 g/mol. The number of hydrogen-bond acceptors (Lipinski definition) is 7. The number of nitrogens with zero attached hydrogens (tertiary/aromatic N) is 1. The maximum Gasteiger partial charge on any atom is 0.317 e. The summed E-state index contributed by atoms with van der Waals surface area (Å²) in [5, 5.41) is 3.08. The van der Waals surface area contributed by atoms with Gasteiger partial charge >= 0.3 is 6.03 Å². The Morgan fingerprint density at radius 1 is 0.822 bits per heavy atom. The summed E-state index contributed by atoms with van der Waals surface area (Å²) in [4.78, 5) is 15.3. The predicted molar refractivity (Wildman–Crippen MR) is 179 cm³/mol. The minimum absolute atomic E-state index is 0.170. The number of ether oxygens (including phenoxy) is 6. The van der Waals surface area contributed by atoms with E-state index in [1.165, 1.54) is 0 Å². The molecule has 3 aromatic rings. The van der Waals surface area contributed by atoms with E-state index in [0.717, 1.165) is 28.0 Å². The molecule has 3 aromatic carbocycles. The Balaban J connectivity index is 1.81. The maximum atomic E-state index is 13.5. The minimum atomic E-state index is -0.170. The molecule has 244 valence electrons. The number of urea groups is 1. The Morgan fingerprint density at radius 3 is 2.20 bits per heavy atom. The molecule has 0 aliphatic carbocycles. The van der Waals surface area contributed by atoms with Gasteiger partial charge in [-0.25, -0.2) is 4.79 Å². The molecule has 0 bridgehead atoms. The molecule has 9 heteroatoms. The van der Waals surface area contributed by atoms with Gasteiger partial charge in [-0.1, -0.05) is 44.2 Å². The van der Waals surface area contributed by atoms with E-state index in [1.54, 1.807) is 40.4 Å². The number of hydrogen-bond donors (Lipinski definition) is 1. The van der Waals surface area contributed by atoms with Gasteiger partial charge in [-0.2, -0.15) is 0 Å². The largest absolute Gasteiger partial charge is 0.497 e. The second-order valence-corrected chi connectivity index (χ2v) is 10.9.